The molecule has 0 spiro atoms. The molecule has 2 saturated heterocycles. The van der Waals surface area contributed by atoms with E-state index in [4.69, 9.17) is 29.9 Å². The van der Waals surface area contributed by atoms with E-state index in [2.05, 4.69) is 11.4 Å². The van der Waals surface area contributed by atoms with Gasteiger partial charge in [-0.1, -0.05) is 38.1 Å². The van der Waals surface area contributed by atoms with E-state index in [1.165, 1.54) is 28.6 Å². The Morgan fingerprint density at radius 2 is 1.83 bits per heavy atom. The molecule has 0 aromatic heterocycles. The molecular formula is C35H42N4O8S. The highest BCUT2D eigenvalue weighted by Gasteiger charge is 2.44. The van der Waals surface area contributed by atoms with Gasteiger partial charge in [0.1, 0.15) is 18.5 Å². The molecule has 2 heterocycles. The minimum absolute atomic E-state index is 0.0454. The third-order valence-corrected chi connectivity index (χ3v) is 10.2. The van der Waals surface area contributed by atoms with E-state index in [1.54, 1.807) is 30.3 Å². The number of hydrogen-bond donors (Lipinski definition) is 3. The van der Waals surface area contributed by atoms with Crippen molar-refractivity contribution in [3.05, 3.63) is 89.5 Å². The fraction of sp³-hybridized carbons (Fsp3) is 0.429. The number of sulfonamides is 1. The van der Waals surface area contributed by atoms with Crippen molar-refractivity contribution in [2.75, 3.05) is 32.0 Å². The molecule has 3 aromatic carbocycles. The molecule has 12 nitrogen and oxygen atoms in total. The Morgan fingerprint density at radius 1 is 1.08 bits per heavy atom. The molecule has 13 heteroatoms. The number of alkyl carbamates (subject to hydrolysis) is 1. The van der Waals surface area contributed by atoms with Gasteiger partial charge in [-0.3, -0.25) is 0 Å². The van der Waals surface area contributed by atoms with Crippen LogP contribution in [0.3, 0.4) is 0 Å². The summed E-state index contributed by atoms with van der Waals surface area (Å²) in [7, 11) is -4.00. The Labute approximate surface area is 281 Å². The molecule has 256 valence electrons. The standard InChI is InChI=1S/C35H42N4O8S/c1-23(2)19-39(48(42,43)29-12-8-27(37)9-13-29)20-32(40)31(38-35(41)47-33-22-46-34-30(33)14-15-44-34)17-24-6-10-28(11-7-24)45-21-26-5-3-4-25(16-26)18-36/h3-13,16,23,30-34,40H,14-15,17,19-22,37H2,1-2H3,(H,38,41)/t30-,31-,32+,33+,34+/m0/s1. The van der Waals surface area contributed by atoms with Crippen LogP contribution in [-0.2, 0) is 37.3 Å². The number of hydrogen-bond acceptors (Lipinski definition) is 10. The SMILES string of the molecule is CC(C)CN(C[C@@H](O)[C@H](Cc1ccc(OCc2cccc(C#N)c2)cc1)NC(=O)O[C@@H]1CO[C@H]2OCC[C@H]21)S(=O)(=O)c1ccc(N)cc1. The summed E-state index contributed by atoms with van der Waals surface area (Å²) < 4.78 is 51.4. The molecule has 4 N–H and O–H groups in total. The van der Waals surface area contributed by atoms with Crippen molar-refractivity contribution in [1.82, 2.24) is 9.62 Å². The van der Waals surface area contributed by atoms with E-state index in [0.717, 1.165) is 11.1 Å². The Morgan fingerprint density at radius 3 is 2.54 bits per heavy atom. The van der Waals surface area contributed by atoms with Crippen LogP contribution in [-0.4, -0.2) is 74.8 Å². The number of nitrogens with zero attached hydrogens (tertiary/aromatic N) is 2. The number of aliphatic hydroxyl groups excluding tert-OH is 1. The van der Waals surface area contributed by atoms with Gasteiger partial charge in [0.2, 0.25) is 10.0 Å². The molecule has 0 unspecified atom stereocenters. The lowest BCUT2D eigenvalue weighted by molar-refractivity contribution is -0.0907. The van der Waals surface area contributed by atoms with Gasteiger partial charge in [-0.2, -0.15) is 9.57 Å². The van der Waals surface area contributed by atoms with Gasteiger partial charge in [0.25, 0.3) is 0 Å². The van der Waals surface area contributed by atoms with Crippen LogP contribution in [0.5, 0.6) is 5.75 Å². The Balaban J connectivity index is 1.31. The molecule has 2 fully saturated rings. The summed E-state index contributed by atoms with van der Waals surface area (Å²) >= 11 is 0. The number of nitrogens with one attached hydrogen (secondary N) is 1. The van der Waals surface area contributed by atoms with Crippen molar-refractivity contribution in [2.24, 2.45) is 11.8 Å². The van der Waals surface area contributed by atoms with Crippen LogP contribution in [0.4, 0.5) is 10.5 Å². The van der Waals surface area contributed by atoms with Crippen molar-refractivity contribution in [3.63, 3.8) is 0 Å². The highest BCUT2D eigenvalue weighted by Crippen LogP contribution is 2.33. The predicted molar refractivity (Wildman–Crippen MR) is 177 cm³/mol. The van der Waals surface area contributed by atoms with E-state index in [0.29, 0.717) is 30.0 Å². The molecule has 0 bridgehead atoms. The average molecular weight is 679 g/mol. The summed E-state index contributed by atoms with van der Waals surface area (Å²) in [6.45, 7) is 4.65. The second-order valence-corrected chi connectivity index (χ2v) is 14.5. The second-order valence-electron chi connectivity index (χ2n) is 12.5. The number of carbonyl (C=O) groups is 1. The number of carbonyl (C=O) groups excluding carboxylic acids is 1. The Bertz CT molecular complexity index is 1680. The summed E-state index contributed by atoms with van der Waals surface area (Å²) in [5.74, 6) is 0.481. The molecule has 2 aliphatic heterocycles. The number of nitriles is 1. The van der Waals surface area contributed by atoms with Crippen LogP contribution in [0.2, 0.25) is 0 Å². The molecule has 5 atom stereocenters. The number of anilines is 1. The minimum Gasteiger partial charge on any atom is -0.489 e. The second kappa shape index (κ2) is 15.8. The lowest BCUT2D eigenvalue weighted by Gasteiger charge is -2.31. The topological polar surface area (TPSA) is 173 Å². The monoisotopic (exact) mass is 678 g/mol. The number of aliphatic hydroxyl groups is 1. The first kappa shape index (κ1) is 35.1. The summed E-state index contributed by atoms with van der Waals surface area (Å²) in [5.41, 5.74) is 8.38. The number of nitrogens with two attached hydrogens (primary N) is 1. The van der Waals surface area contributed by atoms with Gasteiger partial charge >= 0.3 is 6.09 Å². The maximum Gasteiger partial charge on any atom is 0.407 e. The maximum absolute atomic E-state index is 13.7. The average Bonchev–Trinajstić information content (AvgIpc) is 3.69. The summed E-state index contributed by atoms with van der Waals surface area (Å²) in [6, 6.07) is 21.4. The van der Waals surface area contributed by atoms with Crippen LogP contribution >= 0.6 is 0 Å². The minimum atomic E-state index is -4.00. The van der Waals surface area contributed by atoms with Crippen molar-refractivity contribution >= 4 is 21.8 Å². The third-order valence-electron chi connectivity index (χ3n) is 8.33. The molecule has 0 saturated carbocycles. The highest BCUT2D eigenvalue weighted by molar-refractivity contribution is 7.89. The van der Waals surface area contributed by atoms with E-state index >= 15 is 0 Å². The van der Waals surface area contributed by atoms with Crippen LogP contribution in [0.1, 0.15) is 37.0 Å². The van der Waals surface area contributed by atoms with Crippen molar-refractivity contribution in [1.29, 1.82) is 5.26 Å². The molecule has 3 aromatic rings. The van der Waals surface area contributed by atoms with Crippen molar-refractivity contribution in [3.8, 4) is 11.8 Å². The molecular weight excluding hydrogens is 636 g/mol. The maximum atomic E-state index is 13.7. The van der Waals surface area contributed by atoms with Gasteiger partial charge in [0, 0.05) is 18.8 Å². The van der Waals surface area contributed by atoms with Crippen LogP contribution in [0.25, 0.3) is 0 Å². The molecule has 0 aliphatic carbocycles. The zero-order chi connectivity index (χ0) is 34.3. The van der Waals surface area contributed by atoms with E-state index in [-0.39, 0.29) is 49.5 Å². The first-order valence-corrected chi connectivity index (χ1v) is 17.4. The Hall–Kier alpha value is -4.19. The molecule has 48 heavy (non-hydrogen) atoms. The molecule has 5 rings (SSSR count). The van der Waals surface area contributed by atoms with Gasteiger partial charge in [-0.25, -0.2) is 13.2 Å². The smallest absolute Gasteiger partial charge is 0.407 e. The van der Waals surface area contributed by atoms with Gasteiger partial charge < -0.3 is 35.1 Å². The first-order valence-electron chi connectivity index (χ1n) is 16.0. The number of rotatable bonds is 14. The van der Waals surface area contributed by atoms with Gasteiger partial charge in [-0.15, -0.1) is 0 Å². The quantitative estimate of drug-likeness (QED) is 0.213. The highest BCUT2D eigenvalue weighted by atomic mass is 32.2. The number of fused-ring (bicyclic) bond motifs is 1. The lowest BCUT2D eigenvalue weighted by atomic mass is 10.0. The number of benzene rings is 3. The molecule has 2 aliphatic rings. The fourth-order valence-electron chi connectivity index (χ4n) is 5.83. The van der Waals surface area contributed by atoms with Crippen LogP contribution < -0.4 is 15.8 Å². The summed E-state index contributed by atoms with van der Waals surface area (Å²) in [5, 5.41) is 23.5. The predicted octanol–water partition coefficient (Wildman–Crippen LogP) is 3.83. The van der Waals surface area contributed by atoms with Crippen LogP contribution in [0, 0.1) is 23.2 Å². The first-order chi connectivity index (χ1) is 23.0. The third kappa shape index (κ3) is 9.03. The number of nitrogen functional groups attached to an aromatic ring is 1. The van der Waals surface area contributed by atoms with Gasteiger partial charge in [-0.05, 0) is 78.4 Å². The van der Waals surface area contributed by atoms with Gasteiger partial charge in [0.05, 0.1) is 47.8 Å². The summed E-state index contributed by atoms with van der Waals surface area (Å²) in [4.78, 5) is 13.3. The van der Waals surface area contributed by atoms with E-state index in [9.17, 15) is 18.3 Å². The van der Waals surface area contributed by atoms with Crippen molar-refractivity contribution in [2.45, 2.75) is 62.7 Å². The van der Waals surface area contributed by atoms with E-state index in [1.807, 2.05) is 32.0 Å². The fourth-order valence-corrected chi connectivity index (χ4v) is 7.45. The lowest BCUT2D eigenvalue weighted by Crippen LogP contribution is -2.51. The largest absolute Gasteiger partial charge is 0.489 e. The number of amides is 1. The zero-order valence-electron chi connectivity index (χ0n) is 27.0. The molecule has 0 radical (unpaired) electrons. The number of ether oxygens (including phenoxy) is 4. The normalized spacial score (nSPS) is 20.2. The zero-order valence-corrected chi connectivity index (χ0v) is 27.8. The van der Waals surface area contributed by atoms with Crippen LogP contribution in [0.15, 0.2) is 77.7 Å². The van der Waals surface area contributed by atoms with Crippen molar-refractivity contribution < 1.29 is 37.3 Å². The Kier molecular flexibility index (Phi) is 11.6. The summed E-state index contributed by atoms with van der Waals surface area (Å²) in [6.07, 6.45) is -2.05. The van der Waals surface area contributed by atoms with Gasteiger partial charge in [0.15, 0.2) is 6.29 Å². The molecule has 1 amide bonds. The van der Waals surface area contributed by atoms with E-state index < -0.39 is 40.7 Å².